The minimum absolute atomic E-state index is 0.00472. The maximum Gasteiger partial charge on any atom is 0.222 e. The Bertz CT molecular complexity index is 940. The molecule has 0 aromatic rings. The van der Waals surface area contributed by atoms with Crippen LogP contribution >= 0.6 is 0 Å². The second kappa shape index (κ2) is 53.2. The largest absolute Gasteiger partial charge is 0.396 e. The van der Waals surface area contributed by atoms with Crippen molar-refractivity contribution in [3.8, 4) is 0 Å². The minimum atomic E-state index is -0.00472. The fourth-order valence-corrected chi connectivity index (χ4v) is 10.3. The third-order valence-electron chi connectivity index (χ3n) is 15.3. The molecule has 0 rings (SSSR count). The Balaban J connectivity index is 4.76. The molecule has 0 bridgehead atoms. The van der Waals surface area contributed by atoms with Gasteiger partial charge in [0, 0.05) is 45.6 Å². The molecule has 0 aliphatic heterocycles. The Hall–Kier alpha value is -1.14. The van der Waals surface area contributed by atoms with E-state index in [9.17, 15) is 14.7 Å². The van der Waals surface area contributed by atoms with Gasteiger partial charge in [-0.3, -0.25) is 9.59 Å². The molecule has 0 heterocycles. The van der Waals surface area contributed by atoms with Crippen molar-refractivity contribution in [3.05, 3.63) is 0 Å². The van der Waals surface area contributed by atoms with Crippen LogP contribution in [-0.2, 0) is 9.59 Å². The van der Waals surface area contributed by atoms with Gasteiger partial charge in [-0.2, -0.15) is 0 Å². The summed E-state index contributed by atoms with van der Waals surface area (Å²) in [5.74, 6) is 0.823. The fourth-order valence-electron chi connectivity index (χ4n) is 10.3. The van der Waals surface area contributed by atoms with E-state index in [4.69, 9.17) is 0 Å². The molecule has 1 N–H and O–H groups in total. The molecular formula is C63H127N3O3. The van der Waals surface area contributed by atoms with E-state index in [-0.39, 0.29) is 12.0 Å². The minimum Gasteiger partial charge on any atom is -0.396 e. The molecule has 0 radical (unpaired) electrons. The Morgan fingerprint density at radius 2 is 0.522 bits per heavy atom. The van der Waals surface area contributed by atoms with Gasteiger partial charge in [-0.05, 0) is 89.3 Å². The van der Waals surface area contributed by atoms with E-state index in [0.29, 0.717) is 11.8 Å². The monoisotopic (exact) mass is 974 g/mol. The predicted octanol–water partition coefficient (Wildman–Crippen LogP) is 19.0. The molecule has 0 aliphatic rings. The van der Waals surface area contributed by atoms with Crippen LogP contribution in [0.4, 0.5) is 0 Å². The highest BCUT2D eigenvalue weighted by Gasteiger charge is 2.18. The predicted molar refractivity (Wildman–Crippen MR) is 306 cm³/mol. The van der Waals surface area contributed by atoms with Crippen molar-refractivity contribution >= 4 is 11.8 Å². The van der Waals surface area contributed by atoms with E-state index in [0.717, 1.165) is 84.3 Å². The second-order valence-corrected chi connectivity index (χ2v) is 23.0. The first kappa shape index (κ1) is 67.9. The number of hydrogen-bond acceptors (Lipinski definition) is 4. The van der Waals surface area contributed by atoms with Crippen molar-refractivity contribution < 1.29 is 14.7 Å². The van der Waals surface area contributed by atoms with Crippen molar-refractivity contribution in [2.75, 3.05) is 52.4 Å². The number of aliphatic hydroxyl groups is 1. The average Bonchev–Trinajstić information content (AvgIpc) is 3.34. The SMILES string of the molecule is CCCCCCCCCCN(CCCCCCCCCC)C(=O)CCCCCCCN(CCCCCCCC(=O)N(CCCCCCCCCC)CCCCCCCCCC)CCCC(C)(C)CO. The van der Waals surface area contributed by atoms with E-state index >= 15 is 0 Å². The third-order valence-corrected chi connectivity index (χ3v) is 15.3. The van der Waals surface area contributed by atoms with Gasteiger partial charge in [0.25, 0.3) is 0 Å². The molecule has 0 aliphatic carbocycles. The Labute approximate surface area is 434 Å². The first-order valence-electron chi connectivity index (χ1n) is 31.6. The topological polar surface area (TPSA) is 64.1 Å². The Morgan fingerprint density at radius 3 is 0.783 bits per heavy atom. The zero-order chi connectivity index (χ0) is 50.6. The van der Waals surface area contributed by atoms with Crippen LogP contribution in [0.1, 0.15) is 337 Å². The number of nitrogens with zero attached hydrogens (tertiary/aromatic N) is 3. The van der Waals surface area contributed by atoms with Gasteiger partial charge in [0.05, 0.1) is 0 Å². The second-order valence-electron chi connectivity index (χ2n) is 23.0. The number of carbonyl (C=O) groups is 2. The summed E-state index contributed by atoms with van der Waals surface area (Å²) in [6, 6.07) is 0. The van der Waals surface area contributed by atoms with Crippen LogP contribution in [-0.4, -0.2) is 84.0 Å². The van der Waals surface area contributed by atoms with Crippen molar-refractivity contribution in [1.82, 2.24) is 14.7 Å². The van der Waals surface area contributed by atoms with Crippen LogP contribution in [0.15, 0.2) is 0 Å². The molecule has 0 aromatic heterocycles. The van der Waals surface area contributed by atoms with Crippen LogP contribution in [0.25, 0.3) is 0 Å². The molecule has 2 amide bonds. The van der Waals surface area contributed by atoms with Crippen molar-refractivity contribution in [3.63, 3.8) is 0 Å². The lowest BCUT2D eigenvalue weighted by molar-refractivity contribution is -0.132. The van der Waals surface area contributed by atoms with Gasteiger partial charge in [-0.15, -0.1) is 0 Å². The first-order valence-corrected chi connectivity index (χ1v) is 31.6. The maximum absolute atomic E-state index is 13.5. The summed E-state index contributed by atoms with van der Waals surface area (Å²) in [7, 11) is 0. The molecule has 0 atom stereocenters. The van der Waals surface area contributed by atoms with Crippen LogP contribution in [0, 0.1) is 5.41 Å². The fraction of sp³-hybridized carbons (Fsp3) is 0.968. The molecule has 412 valence electrons. The van der Waals surface area contributed by atoms with Crippen LogP contribution < -0.4 is 0 Å². The van der Waals surface area contributed by atoms with Crippen molar-refractivity contribution in [2.45, 2.75) is 337 Å². The van der Waals surface area contributed by atoms with Crippen molar-refractivity contribution in [1.29, 1.82) is 0 Å². The smallest absolute Gasteiger partial charge is 0.222 e. The first-order chi connectivity index (χ1) is 33.7. The van der Waals surface area contributed by atoms with Gasteiger partial charge in [0.15, 0.2) is 0 Å². The number of carbonyl (C=O) groups excluding carboxylic acids is 2. The van der Waals surface area contributed by atoms with Gasteiger partial charge in [-0.25, -0.2) is 0 Å². The highest BCUT2D eigenvalue weighted by Crippen LogP contribution is 2.22. The molecule has 6 heteroatoms. The maximum atomic E-state index is 13.5. The average molecular weight is 975 g/mol. The normalized spacial score (nSPS) is 11.9. The zero-order valence-corrected chi connectivity index (χ0v) is 48.3. The van der Waals surface area contributed by atoms with Gasteiger partial charge < -0.3 is 19.8 Å². The van der Waals surface area contributed by atoms with Crippen LogP contribution in [0.2, 0.25) is 0 Å². The van der Waals surface area contributed by atoms with Crippen LogP contribution in [0.3, 0.4) is 0 Å². The lowest BCUT2D eigenvalue weighted by atomic mass is 9.89. The number of hydrogen-bond donors (Lipinski definition) is 1. The molecule has 6 nitrogen and oxygen atoms in total. The van der Waals surface area contributed by atoms with E-state index in [1.54, 1.807) is 0 Å². The summed E-state index contributed by atoms with van der Waals surface area (Å²) in [5, 5.41) is 9.87. The summed E-state index contributed by atoms with van der Waals surface area (Å²) in [6.45, 7) is 21.1. The highest BCUT2D eigenvalue weighted by atomic mass is 16.3. The van der Waals surface area contributed by atoms with Gasteiger partial charge in [0.1, 0.15) is 0 Å². The molecule has 0 saturated carbocycles. The van der Waals surface area contributed by atoms with Gasteiger partial charge in [0.2, 0.25) is 11.8 Å². The lowest BCUT2D eigenvalue weighted by Gasteiger charge is -2.26. The van der Waals surface area contributed by atoms with E-state index in [2.05, 4.69) is 56.2 Å². The van der Waals surface area contributed by atoms with Gasteiger partial charge in [-0.1, -0.05) is 260 Å². The zero-order valence-electron chi connectivity index (χ0n) is 48.3. The third kappa shape index (κ3) is 47.6. The van der Waals surface area contributed by atoms with Crippen LogP contribution in [0.5, 0.6) is 0 Å². The lowest BCUT2D eigenvalue weighted by Crippen LogP contribution is -2.32. The van der Waals surface area contributed by atoms with E-state index in [1.807, 2.05) is 0 Å². The standard InChI is InChI=1S/C63H127N3O3/c1-7-11-15-19-23-27-37-45-56-65(57-46-38-28-24-20-16-12-8-2)61(68)50-41-33-31-35-43-53-64(55-49-52-63(5,6)60-67)54-44-36-32-34-42-51-62(69)66(58-47-39-29-25-21-17-13-9-3)59-48-40-30-26-22-18-14-10-4/h67H,7-60H2,1-6H3. The molecule has 0 saturated heterocycles. The summed E-state index contributed by atoms with van der Waals surface area (Å²) < 4.78 is 0. The summed E-state index contributed by atoms with van der Waals surface area (Å²) >= 11 is 0. The molecule has 0 spiro atoms. The quantitative estimate of drug-likeness (QED) is 0.0617. The van der Waals surface area contributed by atoms with E-state index < -0.39 is 0 Å². The Morgan fingerprint density at radius 1 is 0.304 bits per heavy atom. The molecule has 0 fully saturated rings. The number of unbranched alkanes of at least 4 members (excludes halogenated alkanes) is 36. The number of amides is 2. The molecule has 69 heavy (non-hydrogen) atoms. The molecule has 0 aromatic carbocycles. The van der Waals surface area contributed by atoms with E-state index in [1.165, 1.54) is 257 Å². The molecule has 0 unspecified atom stereocenters. The number of aliphatic hydroxyl groups excluding tert-OH is 1. The highest BCUT2D eigenvalue weighted by molar-refractivity contribution is 5.76. The number of rotatable bonds is 57. The summed E-state index contributed by atoms with van der Waals surface area (Å²) in [6.07, 6.45) is 57.7. The Kier molecular flexibility index (Phi) is 52.3. The molecular weight excluding hydrogens is 847 g/mol. The summed E-state index contributed by atoms with van der Waals surface area (Å²) in [4.78, 5) is 34.2. The van der Waals surface area contributed by atoms with Crippen molar-refractivity contribution in [2.24, 2.45) is 5.41 Å². The summed E-state index contributed by atoms with van der Waals surface area (Å²) in [5.41, 5.74) is -0.00472. The van der Waals surface area contributed by atoms with Gasteiger partial charge >= 0.3 is 0 Å².